The molecule has 3 nitrogen and oxygen atoms in total. The standard InChI is InChI=1S/C8H11N3/c1-5-4-9-8-7(5)11(3)6(2)10-8/h4,9H,1-3H3. The van der Waals surface area contributed by atoms with Gasteiger partial charge in [0.25, 0.3) is 0 Å². The van der Waals surface area contributed by atoms with Gasteiger partial charge in [-0.15, -0.1) is 0 Å². The molecule has 0 aliphatic rings. The van der Waals surface area contributed by atoms with Crippen LogP contribution in [0.4, 0.5) is 0 Å². The van der Waals surface area contributed by atoms with E-state index in [0.717, 1.165) is 11.5 Å². The van der Waals surface area contributed by atoms with E-state index in [9.17, 15) is 0 Å². The largest absolute Gasteiger partial charge is 0.345 e. The quantitative estimate of drug-likeness (QED) is 0.605. The zero-order valence-corrected chi connectivity index (χ0v) is 6.97. The number of aryl methyl sites for hydroxylation is 3. The van der Waals surface area contributed by atoms with Gasteiger partial charge in [0.2, 0.25) is 0 Å². The van der Waals surface area contributed by atoms with Crippen molar-refractivity contribution in [2.45, 2.75) is 13.8 Å². The Bertz CT molecular complexity index is 395. The second-order valence-electron chi connectivity index (χ2n) is 2.89. The summed E-state index contributed by atoms with van der Waals surface area (Å²) in [6.45, 7) is 4.09. The van der Waals surface area contributed by atoms with E-state index in [1.54, 1.807) is 0 Å². The van der Waals surface area contributed by atoms with Gasteiger partial charge in [-0.3, -0.25) is 0 Å². The molecule has 0 radical (unpaired) electrons. The summed E-state index contributed by atoms with van der Waals surface area (Å²) in [6.07, 6.45) is 1.98. The number of imidazole rings is 1. The molecule has 2 heterocycles. The van der Waals surface area contributed by atoms with Crippen LogP contribution in [-0.4, -0.2) is 14.5 Å². The molecule has 0 amide bonds. The number of fused-ring (bicyclic) bond motifs is 1. The van der Waals surface area contributed by atoms with E-state index in [-0.39, 0.29) is 0 Å². The highest BCUT2D eigenvalue weighted by molar-refractivity contribution is 5.76. The first-order valence-electron chi connectivity index (χ1n) is 3.67. The lowest BCUT2D eigenvalue weighted by molar-refractivity contribution is 0.882. The molecule has 0 bridgehead atoms. The van der Waals surface area contributed by atoms with Crippen LogP contribution in [0.25, 0.3) is 11.2 Å². The van der Waals surface area contributed by atoms with Crippen molar-refractivity contribution in [3.63, 3.8) is 0 Å². The normalized spacial score (nSPS) is 11.2. The van der Waals surface area contributed by atoms with Crippen molar-refractivity contribution in [1.29, 1.82) is 0 Å². The van der Waals surface area contributed by atoms with E-state index in [1.165, 1.54) is 11.1 Å². The Hall–Kier alpha value is -1.25. The number of rotatable bonds is 0. The molecule has 2 rings (SSSR count). The molecule has 2 aromatic rings. The molecule has 0 aromatic carbocycles. The van der Waals surface area contributed by atoms with E-state index in [0.29, 0.717) is 0 Å². The van der Waals surface area contributed by atoms with Gasteiger partial charge in [-0.2, -0.15) is 0 Å². The maximum Gasteiger partial charge on any atom is 0.156 e. The predicted octanol–water partition coefficient (Wildman–Crippen LogP) is 1.52. The minimum atomic E-state index is 0.988. The van der Waals surface area contributed by atoms with E-state index in [2.05, 4.69) is 21.5 Å². The van der Waals surface area contributed by atoms with Crippen molar-refractivity contribution in [2.24, 2.45) is 7.05 Å². The smallest absolute Gasteiger partial charge is 0.156 e. The molecule has 0 aliphatic carbocycles. The van der Waals surface area contributed by atoms with Crippen LogP contribution >= 0.6 is 0 Å². The fourth-order valence-corrected chi connectivity index (χ4v) is 1.41. The molecule has 11 heavy (non-hydrogen) atoms. The van der Waals surface area contributed by atoms with Gasteiger partial charge in [-0.25, -0.2) is 4.98 Å². The van der Waals surface area contributed by atoms with Crippen LogP contribution in [0.5, 0.6) is 0 Å². The third-order valence-electron chi connectivity index (χ3n) is 2.12. The molecule has 1 N–H and O–H groups in total. The predicted molar refractivity (Wildman–Crippen MR) is 44.5 cm³/mol. The number of hydrogen-bond donors (Lipinski definition) is 1. The zero-order valence-electron chi connectivity index (χ0n) is 6.97. The fraction of sp³-hybridized carbons (Fsp3) is 0.375. The highest BCUT2D eigenvalue weighted by Crippen LogP contribution is 2.16. The van der Waals surface area contributed by atoms with Crippen LogP contribution < -0.4 is 0 Å². The van der Waals surface area contributed by atoms with Crippen LogP contribution in [0.2, 0.25) is 0 Å². The van der Waals surface area contributed by atoms with Gasteiger partial charge < -0.3 is 9.55 Å². The second kappa shape index (κ2) is 1.87. The lowest BCUT2D eigenvalue weighted by atomic mass is 10.3. The maximum absolute atomic E-state index is 4.34. The van der Waals surface area contributed by atoms with Crippen LogP contribution in [-0.2, 0) is 7.05 Å². The Morgan fingerprint density at radius 2 is 2.18 bits per heavy atom. The monoisotopic (exact) mass is 149 g/mol. The van der Waals surface area contributed by atoms with Gasteiger partial charge >= 0.3 is 0 Å². The van der Waals surface area contributed by atoms with Crippen LogP contribution in [0.1, 0.15) is 11.4 Å². The molecule has 0 atom stereocenters. The topological polar surface area (TPSA) is 33.6 Å². The molecular weight excluding hydrogens is 138 g/mol. The number of hydrogen-bond acceptors (Lipinski definition) is 1. The Labute approximate surface area is 65.1 Å². The fourth-order valence-electron chi connectivity index (χ4n) is 1.41. The molecule has 2 aromatic heterocycles. The minimum Gasteiger partial charge on any atom is -0.345 e. The van der Waals surface area contributed by atoms with Crippen LogP contribution in [0.15, 0.2) is 6.20 Å². The average molecular weight is 149 g/mol. The summed E-state index contributed by atoms with van der Waals surface area (Å²) in [7, 11) is 2.03. The van der Waals surface area contributed by atoms with Crippen molar-refractivity contribution in [3.8, 4) is 0 Å². The van der Waals surface area contributed by atoms with E-state index >= 15 is 0 Å². The summed E-state index contributed by atoms with van der Waals surface area (Å²) < 4.78 is 2.10. The summed E-state index contributed by atoms with van der Waals surface area (Å²) in [5, 5.41) is 0. The molecule has 0 saturated carbocycles. The lowest BCUT2D eigenvalue weighted by Gasteiger charge is -1.94. The summed E-state index contributed by atoms with van der Waals surface area (Å²) in [5.74, 6) is 1.05. The zero-order chi connectivity index (χ0) is 8.01. The molecule has 0 fully saturated rings. The first-order valence-corrected chi connectivity index (χ1v) is 3.67. The number of nitrogens with one attached hydrogen (secondary N) is 1. The van der Waals surface area contributed by atoms with Crippen molar-refractivity contribution in [2.75, 3.05) is 0 Å². The van der Waals surface area contributed by atoms with Crippen molar-refractivity contribution >= 4 is 11.2 Å². The number of aromatic amines is 1. The second-order valence-corrected chi connectivity index (χ2v) is 2.89. The summed E-state index contributed by atoms with van der Waals surface area (Å²) in [6, 6.07) is 0. The molecule has 3 heteroatoms. The van der Waals surface area contributed by atoms with Gasteiger partial charge in [-0.1, -0.05) is 0 Å². The third kappa shape index (κ3) is 0.707. The van der Waals surface area contributed by atoms with Crippen LogP contribution in [0.3, 0.4) is 0 Å². The SMILES string of the molecule is Cc1c[nH]c2nc(C)n(C)c12. The van der Waals surface area contributed by atoms with Crippen molar-refractivity contribution in [3.05, 3.63) is 17.6 Å². The molecule has 0 aliphatic heterocycles. The van der Waals surface area contributed by atoms with Gasteiger partial charge in [0, 0.05) is 13.2 Å². The molecular formula is C8H11N3. The Morgan fingerprint density at radius 1 is 1.45 bits per heavy atom. The Morgan fingerprint density at radius 3 is 2.82 bits per heavy atom. The summed E-state index contributed by atoms with van der Waals surface area (Å²) >= 11 is 0. The molecule has 0 unspecified atom stereocenters. The number of H-pyrrole nitrogens is 1. The number of aromatic nitrogens is 3. The third-order valence-corrected chi connectivity index (χ3v) is 2.12. The van der Waals surface area contributed by atoms with E-state index < -0.39 is 0 Å². The van der Waals surface area contributed by atoms with Gasteiger partial charge in [0.15, 0.2) is 5.65 Å². The lowest BCUT2D eigenvalue weighted by Crippen LogP contribution is -1.90. The molecule has 0 spiro atoms. The Kier molecular flexibility index (Phi) is 1.10. The first kappa shape index (κ1) is 6.46. The van der Waals surface area contributed by atoms with Crippen molar-refractivity contribution < 1.29 is 0 Å². The minimum absolute atomic E-state index is 0.988. The Balaban J connectivity index is 2.95. The van der Waals surface area contributed by atoms with Gasteiger partial charge in [0.1, 0.15) is 5.82 Å². The van der Waals surface area contributed by atoms with Crippen LogP contribution in [0, 0.1) is 13.8 Å². The van der Waals surface area contributed by atoms with Gasteiger partial charge in [-0.05, 0) is 19.4 Å². The average Bonchev–Trinajstić information content (AvgIpc) is 2.41. The first-order chi connectivity index (χ1) is 5.20. The highest BCUT2D eigenvalue weighted by atomic mass is 15.1. The summed E-state index contributed by atoms with van der Waals surface area (Å²) in [5.41, 5.74) is 3.45. The molecule has 0 saturated heterocycles. The van der Waals surface area contributed by atoms with Crippen molar-refractivity contribution in [1.82, 2.24) is 14.5 Å². The van der Waals surface area contributed by atoms with E-state index in [1.807, 2.05) is 20.2 Å². The highest BCUT2D eigenvalue weighted by Gasteiger charge is 2.06. The molecule has 58 valence electrons. The van der Waals surface area contributed by atoms with Gasteiger partial charge in [0.05, 0.1) is 5.52 Å². The summed E-state index contributed by atoms with van der Waals surface area (Å²) in [4.78, 5) is 7.46. The maximum atomic E-state index is 4.34. The number of nitrogens with zero attached hydrogens (tertiary/aromatic N) is 2. The van der Waals surface area contributed by atoms with E-state index in [4.69, 9.17) is 0 Å².